The molecule has 0 unspecified atom stereocenters. The third-order valence-electron chi connectivity index (χ3n) is 6.55. The summed E-state index contributed by atoms with van der Waals surface area (Å²) in [5.41, 5.74) is 2.82. The van der Waals surface area contributed by atoms with Crippen LogP contribution in [0.2, 0.25) is 5.02 Å². The molecule has 3 aliphatic rings. The van der Waals surface area contributed by atoms with Crippen LogP contribution in [0.1, 0.15) is 34.3 Å². The zero-order valence-electron chi connectivity index (χ0n) is 18.8. The van der Waals surface area contributed by atoms with Gasteiger partial charge in [0.05, 0.1) is 26.4 Å². The Morgan fingerprint density at radius 2 is 1.73 bits per heavy atom. The topological polar surface area (TPSA) is 42.0 Å². The molecule has 2 aromatic rings. The third-order valence-corrected chi connectivity index (χ3v) is 6.78. The molecule has 7 heteroatoms. The van der Waals surface area contributed by atoms with Crippen molar-refractivity contribution in [1.82, 2.24) is 9.80 Å². The fraction of sp³-hybridized carbons (Fsp3) is 0.423. The molecule has 3 heterocycles. The molecule has 5 nitrogen and oxygen atoms in total. The van der Waals surface area contributed by atoms with Gasteiger partial charge in [-0.25, -0.2) is 4.39 Å². The number of hydrogen-bond donors (Lipinski definition) is 0. The molecule has 0 radical (unpaired) electrons. The summed E-state index contributed by atoms with van der Waals surface area (Å²) in [5.74, 6) is -0.936. The molecule has 2 fully saturated rings. The number of carbonyl (C=O) groups excluding carboxylic acids is 1. The highest BCUT2D eigenvalue weighted by molar-refractivity contribution is 6.30. The van der Waals surface area contributed by atoms with E-state index in [0.29, 0.717) is 30.3 Å². The molecule has 2 saturated heterocycles. The van der Waals surface area contributed by atoms with Gasteiger partial charge in [-0.3, -0.25) is 14.6 Å². The smallest absolute Gasteiger partial charge is 0.208 e. The van der Waals surface area contributed by atoms with Crippen molar-refractivity contribution in [2.45, 2.75) is 25.2 Å². The molecule has 176 valence electrons. The lowest BCUT2D eigenvalue weighted by Gasteiger charge is -2.43. The molecule has 0 amide bonds. The van der Waals surface area contributed by atoms with Crippen molar-refractivity contribution < 1.29 is 18.7 Å². The van der Waals surface area contributed by atoms with Crippen LogP contribution >= 0.6 is 11.6 Å². The van der Waals surface area contributed by atoms with E-state index in [1.165, 1.54) is 17.7 Å². The van der Waals surface area contributed by atoms with E-state index in [-0.39, 0.29) is 17.5 Å². The van der Waals surface area contributed by atoms with E-state index in [2.05, 4.69) is 29.0 Å². The predicted molar refractivity (Wildman–Crippen MR) is 127 cm³/mol. The van der Waals surface area contributed by atoms with Gasteiger partial charge in [-0.05, 0) is 54.8 Å². The van der Waals surface area contributed by atoms with Gasteiger partial charge < -0.3 is 9.47 Å². The number of hydrogen-bond acceptors (Lipinski definition) is 5. The number of ketones is 1. The zero-order chi connectivity index (χ0) is 23.4. The van der Waals surface area contributed by atoms with Crippen molar-refractivity contribution in [2.75, 3.05) is 39.5 Å². The van der Waals surface area contributed by atoms with Gasteiger partial charge in [0, 0.05) is 41.7 Å². The normalized spacial score (nSPS) is 20.8. The summed E-state index contributed by atoms with van der Waals surface area (Å²) in [7, 11) is 0. The Hall–Kier alpha value is -2.09. The molecule has 2 aromatic carbocycles. The fourth-order valence-corrected chi connectivity index (χ4v) is 5.16. The summed E-state index contributed by atoms with van der Waals surface area (Å²) >= 11 is 6.24. The molecular formula is C26H30ClFN2O3. The number of ether oxygens (including phenoxy) is 2. The summed E-state index contributed by atoms with van der Waals surface area (Å²) in [6, 6.07) is 11.8. The Balaban J connectivity index is 0.00000126. The molecule has 33 heavy (non-hydrogen) atoms. The second kappa shape index (κ2) is 10.5. The van der Waals surface area contributed by atoms with Crippen molar-refractivity contribution in [1.29, 1.82) is 0 Å². The monoisotopic (exact) mass is 472 g/mol. The number of piperidine rings is 1. The third kappa shape index (κ3) is 5.20. The van der Waals surface area contributed by atoms with E-state index in [1.54, 1.807) is 12.1 Å². The number of rotatable bonds is 4. The average Bonchev–Trinajstić information content (AvgIpc) is 3.30. The second-order valence-electron chi connectivity index (χ2n) is 8.64. The van der Waals surface area contributed by atoms with E-state index in [9.17, 15) is 9.18 Å². The Kier molecular flexibility index (Phi) is 7.62. The van der Waals surface area contributed by atoms with Crippen molar-refractivity contribution in [3.8, 4) is 0 Å². The van der Waals surface area contributed by atoms with Crippen LogP contribution in [0.15, 0.2) is 55.6 Å². The first-order chi connectivity index (χ1) is 16.0. The Morgan fingerprint density at radius 3 is 2.39 bits per heavy atom. The lowest BCUT2D eigenvalue weighted by Crippen LogP contribution is -2.51. The Labute approximate surface area is 199 Å². The van der Waals surface area contributed by atoms with Crippen LogP contribution in [0, 0.1) is 11.7 Å². The molecule has 0 aliphatic carbocycles. The molecule has 0 aromatic heterocycles. The number of carbonyl (C=O) groups is 1. The molecule has 5 rings (SSSR count). The van der Waals surface area contributed by atoms with Crippen LogP contribution < -0.4 is 0 Å². The van der Waals surface area contributed by atoms with Gasteiger partial charge in [-0.1, -0.05) is 17.7 Å². The van der Waals surface area contributed by atoms with Gasteiger partial charge in [0.15, 0.2) is 5.78 Å². The minimum atomic E-state index is -0.741. The highest BCUT2D eigenvalue weighted by Gasteiger charge is 2.45. The van der Waals surface area contributed by atoms with Crippen molar-refractivity contribution >= 4 is 17.4 Å². The SMILES string of the molecule is C=C.O=C(c1ccc(F)cc1)C1CCN(CN2Cc3ccc(Cl)cc3C3(C2)OCCO3)CC1. The van der Waals surface area contributed by atoms with Crippen LogP contribution in [0.3, 0.4) is 0 Å². The summed E-state index contributed by atoms with van der Waals surface area (Å²) in [6.07, 6.45) is 1.63. The first-order valence-electron chi connectivity index (χ1n) is 11.3. The van der Waals surface area contributed by atoms with E-state index < -0.39 is 5.79 Å². The Morgan fingerprint density at radius 1 is 1.06 bits per heavy atom. The number of Topliss-reactive ketones (excluding diaryl/α,β-unsaturated/α-hetero) is 1. The minimum absolute atomic E-state index is 0.00113. The van der Waals surface area contributed by atoms with Gasteiger partial charge in [0.2, 0.25) is 5.79 Å². The van der Waals surface area contributed by atoms with E-state index in [1.807, 2.05) is 12.1 Å². The summed E-state index contributed by atoms with van der Waals surface area (Å²) in [6.45, 7) is 11.2. The van der Waals surface area contributed by atoms with Crippen LogP contribution in [0.25, 0.3) is 0 Å². The molecule has 0 atom stereocenters. The van der Waals surface area contributed by atoms with Crippen LogP contribution in [-0.2, 0) is 21.8 Å². The summed E-state index contributed by atoms with van der Waals surface area (Å²) < 4.78 is 25.3. The number of halogens is 2. The molecule has 0 saturated carbocycles. The maximum atomic E-state index is 13.1. The zero-order valence-corrected chi connectivity index (χ0v) is 19.5. The summed E-state index contributed by atoms with van der Waals surface area (Å²) in [4.78, 5) is 17.5. The summed E-state index contributed by atoms with van der Waals surface area (Å²) in [5, 5.41) is 0.693. The van der Waals surface area contributed by atoms with Gasteiger partial charge >= 0.3 is 0 Å². The van der Waals surface area contributed by atoms with Gasteiger partial charge in [-0.2, -0.15) is 0 Å². The van der Waals surface area contributed by atoms with E-state index in [4.69, 9.17) is 21.1 Å². The standard InChI is InChI=1S/C24H26ClFN2O3.C2H4/c25-20-4-1-19-14-28(15-24(22(19)13-20)30-11-12-31-24)16-27-9-7-18(8-10-27)23(29)17-2-5-21(26)6-3-17;1-2/h1-6,13,18H,7-12,14-16H2;1-2H2. The average molecular weight is 473 g/mol. The first kappa shape index (κ1) is 24.0. The van der Waals surface area contributed by atoms with Crippen molar-refractivity contribution in [3.63, 3.8) is 0 Å². The quantitative estimate of drug-likeness (QED) is 0.470. The number of fused-ring (bicyclic) bond motifs is 2. The largest absolute Gasteiger partial charge is 0.342 e. The molecule has 0 N–H and O–H groups in total. The van der Waals surface area contributed by atoms with E-state index >= 15 is 0 Å². The number of nitrogens with zero attached hydrogens (tertiary/aromatic N) is 2. The maximum Gasteiger partial charge on any atom is 0.208 e. The lowest BCUT2D eigenvalue weighted by molar-refractivity contribution is -0.191. The Bertz CT molecular complexity index is 970. The van der Waals surface area contributed by atoms with Crippen LogP contribution in [-0.4, -0.2) is 55.1 Å². The van der Waals surface area contributed by atoms with Gasteiger partial charge in [0.1, 0.15) is 5.82 Å². The molecule has 1 spiro atoms. The van der Waals surface area contributed by atoms with Gasteiger partial charge in [-0.15, -0.1) is 13.2 Å². The number of likely N-dealkylation sites (tertiary alicyclic amines) is 1. The maximum absolute atomic E-state index is 13.1. The molecule has 3 aliphatic heterocycles. The highest BCUT2D eigenvalue weighted by atomic mass is 35.5. The van der Waals surface area contributed by atoms with Crippen LogP contribution in [0.5, 0.6) is 0 Å². The minimum Gasteiger partial charge on any atom is -0.342 e. The molecular weight excluding hydrogens is 443 g/mol. The van der Waals surface area contributed by atoms with Crippen LogP contribution in [0.4, 0.5) is 4.39 Å². The second-order valence-corrected chi connectivity index (χ2v) is 9.08. The predicted octanol–water partition coefficient (Wildman–Crippen LogP) is 4.85. The molecule has 0 bridgehead atoms. The van der Waals surface area contributed by atoms with Crippen molar-refractivity contribution in [3.05, 3.63) is 83.2 Å². The van der Waals surface area contributed by atoms with Crippen molar-refractivity contribution in [2.24, 2.45) is 5.92 Å². The lowest BCUT2D eigenvalue weighted by atomic mass is 9.89. The van der Waals surface area contributed by atoms with E-state index in [0.717, 1.165) is 44.7 Å². The first-order valence-corrected chi connectivity index (χ1v) is 11.7. The van der Waals surface area contributed by atoms with Gasteiger partial charge in [0.25, 0.3) is 0 Å². The number of benzene rings is 2. The highest BCUT2D eigenvalue weighted by Crippen LogP contribution is 2.40. The fourth-order valence-electron chi connectivity index (χ4n) is 4.99.